The van der Waals surface area contributed by atoms with Crippen LogP contribution in [0.25, 0.3) is 0 Å². The lowest BCUT2D eigenvalue weighted by molar-refractivity contribution is 0.158. The fourth-order valence-corrected chi connectivity index (χ4v) is 2.37. The first kappa shape index (κ1) is 13.9. The van der Waals surface area contributed by atoms with Crippen molar-refractivity contribution in [1.82, 2.24) is 4.90 Å². The minimum Gasteiger partial charge on any atom is -0.492 e. The summed E-state index contributed by atoms with van der Waals surface area (Å²) in [6.45, 7) is 6.14. The molecule has 1 aliphatic carbocycles. The van der Waals surface area contributed by atoms with Crippen molar-refractivity contribution < 1.29 is 4.74 Å². The number of ether oxygens (including phenoxy) is 1. The molecule has 1 aromatic rings. The molecule has 2 rings (SSSR count). The predicted octanol–water partition coefficient (Wildman–Crippen LogP) is 3.06. The van der Waals surface area contributed by atoms with E-state index in [2.05, 4.69) is 17.9 Å². The predicted molar refractivity (Wildman–Crippen MR) is 76.1 cm³/mol. The first-order valence-electron chi connectivity index (χ1n) is 7.17. The number of likely N-dealkylation sites (N-methyl/N-ethyl adjacent to an activating group) is 1. The molecule has 0 saturated heterocycles. The van der Waals surface area contributed by atoms with Gasteiger partial charge < -0.3 is 4.74 Å². The Balaban J connectivity index is 1.73. The molecular weight excluding hydrogens is 236 g/mol. The fraction of sp³-hybridized carbons (Fsp3) is 0.562. The maximum atomic E-state index is 8.83. The zero-order valence-corrected chi connectivity index (χ0v) is 11.6. The third kappa shape index (κ3) is 4.25. The average molecular weight is 258 g/mol. The van der Waals surface area contributed by atoms with Crippen molar-refractivity contribution in [2.24, 2.45) is 5.92 Å². The van der Waals surface area contributed by atoms with E-state index >= 15 is 0 Å². The van der Waals surface area contributed by atoms with Gasteiger partial charge in [-0.25, -0.2) is 0 Å². The summed E-state index contributed by atoms with van der Waals surface area (Å²) in [5.41, 5.74) is 0.652. The van der Waals surface area contributed by atoms with Crippen molar-refractivity contribution in [2.45, 2.75) is 26.2 Å². The number of benzene rings is 1. The smallest absolute Gasteiger partial charge is 0.120 e. The van der Waals surface area contributed by atoms with Gasteiger partial charge in [-0.15, -0.1) is 0 Å². The topological polar surface area (TPSA) is 36.3 Å². The molecule has 0 spiro atoms. The highest BCUT2D eigenvalue weighted by molar-refractivity contribution is 5.36. The Morgan fingerprint density at radius 1 is 1.42 bits per heavy atom. The van der Waals surface area contributed by atoms with E-state index in [0.717, 1.165) is 24.8 Å². The Hall–Kier alpha value is -1.53. The summed E-state index contributed by atoms with van der Waals surface area (Å²) in [5, 5.41) is 8.83. The summed E-state index contributed by atoms with van der Waals surface area (Å²) in [6.07, 6.45) is 4.18. The van der Waals surface area contributed by atoms with E-state index in [1.54, 1.807) is 12.1 Å². The van der Waals surface area contributed by atoms with Crippen molar-refractivity contribution in [1.29, 1.82) is 5.26 Å². The molecular formula is C16H22N2O. The van der Waals surface area contributed by atoms with Gasteiger partial charge in [0, 0.05) is 13.1 Å². The molecule has 1 aliphatic rings. The average Bonchev–Trinajstić information content (AvgIpc) is 2.41. The van der Waals surface area contributed by atoms with Crippen molar-refractivity contribution >= 4 is 0 Å². The molecule has 1 fully saturated rings. The molecule has 0 aliphatic heterocycles. The van der Waals surface area contributed by atoms with Gasteiger partial charge in [0.15, 0.2) is 0 Å². The van der Waals surface area contributed by atoms with Gasteiger partial charge in [-0.1, -0.05) is 19.4 Å². The van der Waals surface area contributed by atoms with Gasteiger partial charge in [-0.2, -0.15) is 5.26 Å². The fourth-order valence-electron chi connectivity index (χ4n) is 2.37. The minimum atomic E-state index is 0.652. The highest BCUT2D eigenvalue weighted by Crippen LogP contribution is 2.26. The molecule has 19 heavy (non-hydrogen) atoms. The molecule has 0 bridgehead atoms. The quantitative estimate of drug-likeness (QED) is 0.754. The number of hydrogen-bond acceptors (Lipinski definition) is 3. The van der Waals surface area contributed by atoms with E-state index < -0.39 is 0 Å². The maximum Gasteiger partial charge on any atom is 0.120 e. The molecule has 0 radical (unpaired) electrons. The van der Waals surface area contributed by atoms with Gasteiger partial charge in [-0.3, -0.25) is 4.90 Å². The summed E-state index contributed by atoms with van der Waals surface area (Å²) in [6, 6.07) is 9.48. The molecule has 3 heteroatoms. The van der Waals surface area contributed by atoms with Crippen molar-refractivity contribution in [3.05, 3.63) is 29.8 Å². The van der Waals surface area contributed by atoms with Gasteiger partial charge in [-0.05, 0) is 43.5 Å². The van der Waals surface area contributed by atoms with Crippen LogP contribution in [0.15, 0.2) is 24.3 Å². The maximum absolute atomic E-state index is 8.83. The highest BCUT2D eigenvalue weighted by atomic mass is 16.5. The zero-order chi connectivity index (χ0) is 13.5. The van der Waals surface area contributed by atoms with Crippen LogP contribution < -0.4 is 4.74 Å². The second-order valence-corrected chi connectivity index (χ2v) is 5.18. The van der Waals surface area contributed by atoms with Crippen LogP contribution in [0.4, 0.5) is 0 Å². The lowest BCUT2D eigenvalue weighted by Gasteiger charge is -2.31. The molecule has 0 N–H and O–H groups in total. The Kier molecular flexibility index (Phi) is 5.23. The monoisotopic (exact) mass is 258 g/mol. The number of hydrogen-bond donors (Lipinski definition) is 0. The number of nitrogens with zero attached hydrogens (tertiary/aromatic N) is 2. The SMILES string of the molecule is CCN(CCOc1cccc(C#N)c1)CC1CCC1. The van der Waals surface area contributed by atoms with E-state index in [9.17, 15) is 0 Å². The van der Waals surface area contributed by atoms with E-state index in [4.69, 9.17) is 10.00 Å². The molecule has 0 atom stereocenters. The zero-order valence-electron chi connectivity index (χ0n) is 11.6. The summed E-state index contributed by atoms with van der Waals surface area (Å²) >= 11 is 0. The largest absolute Gasteiger partial charge is 0.492 e. The Morgan fingerprint density at radius 2 is 2.26 bits per heavy atom. The second-order valence-electron chi connectivity index (χ2n) is 5.18. The molecule has 102 valence electrons. The van der Waals surface area contributed by atoms with E-state index in [1.807, 2.05) is 12.1 Å². The third-order valence-electron chi connectivity index (χ3n) is 3.83. The summed E-state index contributed by atoms with van der Waals surface area (Å²) < 4.78 is 5.72. The highest BCUT2D eigenvalue weighted by Gasteiger charge is 2.19. The number of rotatable bonds is 7. The third-order valence-corrected chi connectivity index (χ3v) is 3.83. The standard InChI is InChI=1S/C16H22N2O/c1-2-18(13-14-5-3-6-14)9-10-19-16-8-4-7-15(11-16)12-17/h4,7-8,11,14H,2-3,5-6,9-10,13H2,1H3. The molecule has 3 nitrogen and oxygen atoms in total. The Morgan fingerprint density at radius 3 is 2.89 bits per heavy atom. The van der Waals surface area contributed by atoms with Gasteiger partial charge in [0.25, 0.3) is 0 Å². The van der Waals surface area contributed by atoms with Gasteiger partial charge >= 0.3 is 0 Å². The molecule has 1 saturated carbocycles. The molecule has 0 heterocycles. The number of nitriles is 1. The van der Waals surface area contributed by atoms with Crippen LogP contribution in [0.3, 0.4) is 0 Å². The Bertz CT molecular complexity index is 435. The van der Waals surface area contributed by atoms with Gasteiger partial charge in [0.05, 0.1) is 11.6 Å². The van der Waals surface area contributed by atoms with Crippen LogP contribution >= 0.6 is 0 Å². The summed E-state index contributed by atoms with van der Waals surface area (Å²) in [5.74, 6) is 1.70. The lowest BCUT2D eigenvalue weighted by atomic mass is 9.85. The molecule has 0 unspecified atom stereocenters. The van der Waals surface area contributed by atoms with Gasteiger partial charge in [0.2, 0.25) is 0 Å². The summed E-state index contributed by atoms with van der Waals surface area (Å²) in [7, 11) is 0. The van der Waals surface area contributed by atoms with Crippen molar-refractivity contribution in [3.8, 4) is 11.8 Å². The van der Waals surface area contributed by atoms with Crippen LogP contribution in [0, 0.1) is 17.2 Å². The van der Waals surface area contributed by atoms with Crippen LogP contribution in [0.1, 0.15) is 31.7 Å². The first-order chi connectivity index (χ1) is 9.31. The van der Waals surface area contributed by atoms with Gasteiger partial charge in [0.1, 0.15) is 12.4 Å². The molecule has 0 amide bonds. The van der Waals surface area contributed by atoms with Crippen molar-refractivity contribution in [2.75, 3.05) is 26.2 Å². The van der Waals surface area contributed by atoms with Crippen molar-refractivity contribution in [3.63, 3.8) is 0 Å². The van der Waals surface area contributed by atoms with E-state index in [0.29, 0.717) is 12.2 Å². The Labute approximate surface area is 115 Å². The second kappa shape index (κ2) is 7.16. The molecule has 0 aromatic heterocycles. The first-order valence-corrected chi connectivity index (χ1v) is 7.17. The van der Waals surface area contributed by atoms with E-state index in [-0.39, 0.29) is 0 Å². The summed E-state index contributed by atoms with van der Waals surface area (Å²) in [4.78, 5) is 2.46. The minimum absolute atomic E-state index is 0.652. The van der Waals surface area contributed by atoms with Crippen LogP contribution in [0.2, 0.25) is 0 Å². The van der Waals surface area contributed by atoms with Crippen LogP contribution in [-0.2, 0) is 0 Å². The normalized spacial score (nSPS) is 15.0. The molecule has 1 aromatic carbocycles. The van der Waals surface area contributed by atoms with Crippen LogP contribution in [0.5, 0.6) is 5.75 Å². The lowest BCUT2D eigenvalue weighted by Crippen LogP contribution is -2.35. The van der Waals surface area contributed by atoms with E-state index in [1.165, 1.54) is 25.8 Å². The van der Waals surface area contributed by atoms with Crippen LogP contribution in [-0.4, -0.2) is 31.1 Å².